The molecular weight excluding hydrogens is 901 g/mol. The van der Waals surface area contributed by atoms with E-state index in [2.05, 4.69) is 118 Å². The summed E-state index contributed by atoms with van der Waals surface area (Å²) in [6.45, 7) is 6.46. The Bertz CT molecular complexity index is 1440. The molecule has 0 N–H and O–H groups in total. The highest BCUT2D eigenvalue weighted by Gasteiger charge is 2.19. The van der Waals surface area contributed by atoms with Gasteiger partial charge in [-0.3, -0.25) is 14.4 Å². The van der Waals surface area contributed by atoms with Gasteiger partial charge < -0.3 is 14.2 Å². The average Bonchev–Trinajstić information content (AvgIpc) is 3.39. The van der Waals surface area contributed by atoms with E-state index in [4.69, 9.17) is 14.2 Å². The van der Waals surface area contributed by atoms with Crippen molar-refractivity contribution in [3.8, 4) is 0 Å². The number of carbonyl (C=O) groups is 3. The fourth-order valence-electron chi connectivity index (χ4n) is 8.48. The highest BCUT2D eigenvalue weighted by molar-refractivity contribution is 5.71. The Balaban J connectivity index is 4.45. The minimum Gasteiger partial charge on any atom is -0.462 e. The van der Waals surface area contributed by atoms with Gasteiger partial charge in [-0.05, 0) is 103 Å². The number of ether oxygens (including phenoxy) is 3. The lowest BCUT2D eigenvalue weighted by Crippen LogP contribution is -2.30. The largest absolute Gasteiger partial charge is 0.462 e. The van der Waals surface area contributed by atoms with Gasteiger partial charge in [-0.15, -0.1) is 0 Å². The highest BCUT2D eigenvalue weighted by atomic mass is 16.6. The van der Waals surface area contributed by atoms with Gasteiger partial charge in [0.05, 0.1) is 0 Å². The average molecular weight is 1020 g/mol. The lowest BCUT2D eigenvalue weighted by molar-refractivity contribution is -0.167. The summed E-state index contributed by atoms with van der Waals surface area (Å²) >= 11 is 0. The maximum atomic E-state index is 12.9. The van der Waals surface area contributed by atoms with Gasteiger partial charge in [0.2, 0.25) is 0 Å². The second-order valence-corrected chi connectivity index (χ2v) is 20.2. The molecule has 0 aliphatic rings. The zero-order valence-electron chi connectivity index (χ0n) is 47.9. The predicted molar refractivity (Wildman–Crippen MR) is 316 cm³/mol. The Morgan fingerprint density at radius 3 is 0.890 bits per heavy atom. The van der Waals surface area contributed by atoms with Crippen molar-refractivity contribution in [1.29, 1.82) is 0 Å². The second kappa shape index (κ2) is 60.9. The van der Waals surface area contributed by atoms with Gasteiger partial charge in [-0.1, -0.05) is 266 Å². The van der Waals surface area contributed by atoms with E-state index in [1.165, 1.54) is 141 Å². The Morgan fingerprint density at radius 1 is 0.288 bits per heavy atom. The molecule has 0 spiro atoms. The van der Waals surface area contributed by atoms with Gasteiger partial charge in [0.15, 0.2) is 6.10 Å². The maximum absolute atomic E-state index is 12.9. The molecule has 0 aliphatic carbocycles. The summed E-state index contributed by atoms with van der Waals surface area (Å²) in [6.07, 6.45) is 81.3. The van der Waals surface area contributed by atoms with E-state index in [0.29, 0.717) is 12.8 Å². The quantitative estimate of drug-likeness (QED) is 0.0261. The summed E-state index contributed by atoms with van der Waals surface area (Å²) in [5.41, 5.74) is 0. The number of hydrogen-bond acceptors (Lipinski definition) is 6. The molecule has 0 radical (unpaired) electrons. The normalized spacial score (nSPS) is 12.8. The van der Waals surface area contributed by atoms with Crippen LogP contribution in [0, 0.1) is 0 Å². The van der Waals surface area contributed by atoms with Crippen molar-refractivity contribution in [2.75, 3.05) is 13.2 Å². The van der Waals surface area contributed by atoms with Crippen molar-refractivity contribution in [3.05, 3.63) is 97.2 Å². The summed E-state index contributed by atoms with van der Waals surface area (Å²) in [5, 5.41) is 0. The topological polar surface area (TPSA) is 78.9 Å². The smallest absolute Gasteiger partial charge is 0.306 e. The van der Waals surface area contributed by atoms with Crippen molar-refractivity contribution >= 4 is 17.9 Å². The van der Waals surface area contributed by atoms with Crippen molar-refractivity contribution in [2.24, 2.45) is 0 Å². The number of unbranched alkanes of at least 4 members (excludes halogenated alkanes) is 28. The fraction of sp³-hybridized carbons (Fsp3) is 0.716. The molecule has 0 unspecified atom stereocenters. The Morgan fingerprint density at radius 2 is 0.534 bits per heavy atom. The molecule has 1 atom stereocenters. The molecule has 0 bridgehead atoms. The maximum Gasteiger partial charge on any atom is 0.306 e. The number of hydrogen-bond donors (Lipinski definition) is 0. The third-order valence-corrected chi connectivity index (χ3v) is 13.1. The van der Waals surface area contributed by atoms with Gasteiger partial charge >= 0.3 is 17.9 Å². The molecule has 6 heteroatoms. The van der Waals surface area contributed by atoms with E-state index >= 15 is 0 Å². The van der Waals surface area contributed by atoms with Crippen LogP contribution in [0.15, 0.2) is 97.2 Å². The van der Waals surface area contributed by atoms with Crippen molar-refractivity contribution < 1.29 is 28.6 Å². The Hall–Kier alpha value is -3.67. The first-order valence-corrected chi connectivity index (χ1v) is 30.7. The lowest BCUT2D eigenvalue weighted by Gasteiger charge is -2.18. The Kier molecular flexibility index (Phi) is 57.8. The van der Waals surface area contributed by atoms with Gasteiger partial charge in [-0.25, -0.2) is 0 Å². The van der Waals surface area contributed by atoms with E-state index in [1.807, 2.05) is 0 Å². The van der Waals surface area contributed by atoms with Crippen LogP contribution in [0.5, 0.6) is 0 Å². The summed E-state index contributed by atoms with van der Waals surface area (Å²) in [5.74, 6) is -0.969. The van der Waals surface area contributed by atoms with Gasteiger partial charge in [-0.2, -0.15) is 0 Å². The molecule has 0 saturated carbocycles. The molecule has 0 rings (SSSR count). The second-order valence-electron chi connectivity index (χ2n) is 20.2. The first kappa shape index (κ1) is 69.3. The van der Waals surface area contributed by atoms with Crippen molar-refractivity contribution in [2.45, 2.75) is 297 Å². The van der Waals surface area contributed by atoms with Crippen molar-refractivity contribution in [1.82, 2.24) is 0 Å². The Labute approximate surface area is 451 Å². The molecule has 0 amide bonds. The van der Waals surface area contributed by atoms with Gasteiger partial charge in [0.1, 0.15) is 13.2 Å². The molecule has 6 nitrogen and oxygen atoms in total. The van der Waals surface area contributed by atoms with E-state index in [1.54, 1.807) is 0 Å². The molecule has 0 aliphatic heterocycles. The van der Waals surface area contributed by atoms with Crippen LogP contribution in [0.25, 0.3) is 0 Å². The number of rotatable bonds is 55. The number of allylic oxidation sites excluding steroid dienone is 16. The fourth-order valence-corrected chi connectivity index (χ4v) is 8.48. The molecule has 0 fully saturated rings. The van der Waals surface area contributed by atoms with Gasteiger partial charge in [0.25, 0.3) is 0 Å². The van der Waals surface area contributed by atoms with Crippen molar-refractivity contribution in [3.63, 3.8) is 0 Å². The van der Waals surface area contributed by atoms with Crippen LogP contribution in [-0.2, 0) is 28.6 Å². The monoisotopic (exact) mass is 1010 g/mol. The van der Waals surface area contributed by atoms with Crippen LogP contribution < -0.4 is 0 Å². The van der Waals surface area contributed by atoms with Crippen LogP contribution in [0.1, 0.15) is 290 Å². The summed E-state index contributed by atoms with van der Waals surface area (Å²) in [4.78, 5) is 38.2. The standard InChI is InChI=1S/C67H114O6/c1-4-7-10-13-16-19-22-25-28-30-32-33-35-36-39-42-45-48-51-54-57-60-66(69)72-63-64(62-71-65(68)59-56-53-50-47-44-41-38-27-24-21-18-15-12-9-6-3)73-67(70)61-58-55-52-49-46-43-40-37-34-31-29-26-23-20-17-14-11-8-5-2/h9,12,17-18,20-21,26-27,29,34,37-38,43-44,46-47,64H,4-8,10-11,13-16,19,22-25,28,30-33,35-36,39-42,45,48-63H2,1-3H3/b12-9-,20-17-,21-18-,29-26-,37-34-,38-27-,46-43-,47-44-/t64-/m1/s1. The van der Waals surface area contributed by atoms with E-state index in [-0.39, 0.29) is 37.5 Å². The number of esters is 3. The van der Waals surface area contributed by atoms with E-state index in [0.717, 1.165) is 109 Å². The lowest BCUT2D eigenvalue weighted by atomic mass is 10.0. The first-order chi connectivity index (χ1) is 36.0. The molecule has 0 aromatic heterocycles. The summed E-state index contributed by atoms with van der Waals surface area (Å²) in [7, 11) is 0. The zero-order chi connectivity index (χ0) is 52.9. The van der Waals surface area contributed by atoms with Crippen LogP contribution in [0.4, 0.5) is 0 Å². The SMILES string of the molecule is CC/C=C\C/C=C\C/C=C\C/C=C\CCCCC(=O)OC[C@H](COC(=O)CCCCCCCCCCCCCCCCCCCCCCC)OC(=O)CCCCC/C=C\C/C=C\C/C=C\C/C=C\CCCCC. The minimum absolute atomic E-state index is 0.102. The van der Waals surface area contributed by atoms with E-state index < -0.39 is 6.10 Å². The summed E-state index contributed by atoms with van der Waals surface area (Å²) in [6, 6.07) is 0. The number of carbonyl (C=O) groups excluding carboxylic acids is 3. The van der Waals surface area contributed by atoms with Crippen LogP contribution >= 0.6 is 0 Å². The molecule has 0 saturated heterocycles. The summed E-state index contributed by atoms with van der Waals surface area (Å²) < 4.78 is 16.8. The minimum atomic E-state index is -0.812. The van der Waals surface area contributed by atoms with Gasteiger partial charge in [0, 0.05) is 19.3 Å². The predicted octanol–water partition coefficient (Wildman–Crippen LogP) is 20.9. The molecule has 0 heterocycles. The molecule has 418 valence electrons. The molecule has 0 aromatic rings. The zero-order valence-corrected chi connectivity index (χ0v) is 47.9. The molecular formula is C67H114O6. The van der Waals surface area contributed by atoms with E-state index in [9.17, 15) is 14.4 Å². The van der Waals surface area contributed by atoms with Crippen LogP contribution in [0.3, 0.4) is 0 Å². The molecule has 73 heavy (non-hydrogen) atoms. The third-order valence-electron chi connectivity index (χ3n) is 13.1. The highest BCUT2D eigenvalue weighted by Crippen LogP contribution is 2.16. The molecule has 0 aromatic carbocycles. The first-order valence-electron chi connectivity index (χ1n) is 30.7. The van der Waals surface area contributed by atoms with Crippen LogP contribution in [-0.4, -0.2) is 37.2 Å². The van der Waals surface area contributed by atoms with Crippen LogP contribution in [0.2, 0.25) is 0 Å². The third kappa shape index (κ3) is 59.1.